The predicted octanol–water partition coefficient (Wildman–Crippen LogP) is 12.9. The number of carbonyl (C=O) groups is 1. The number of allylic oxidation sites excluding steroid dienone is 7. The number of hydrogen-bond donors (Lipinski definition) is 3. The van der Waals surface area contributed by atoms with Crippen LogP contribution in [0, 0.1) is 0 Å². The Labute approximate surface area is 346 Å². The Kier molecular flexibility index (Phi) is 37.9. The summed E-state index contributed by atoms with van der Waals surface area (Å²) in [6, 6.07) is -0.872. The number of nitrogens with zero attached hydrogens (tertiary/aromatic N) is 1. The minimum atomic E-state index is -4.35. The number of aliphatic hydroxyl groups is 1. The molecule has 0 aliphatic heterocycles. The van der Waals surface area contributed by atoms with Crippen molar-refractivity contribution in [2.45, 2.75) is 206 Å². The van der Waals surface area contributed by atoms with Crippen LogP contribution in [0.15, 0.2) is 48.6 Å². The number of phosphoric acid groups is 1. The van der Waals surface area contributed by atoms with Gasteiger partial charge in [0.15, 0.2) is 0 Å². The van der Waals surface area contributed by atoms with E-state index in [1.807, 2.05) is 27.2 Å². The zero-order valence-electron chi connectivity index (χ0n) is 37.1. The number of quaternary nitrogens is 1. The molecule has 0 aromatic carbocycles. The van der Waals surface area contributed by atoms with Crippen LogP contribution in [-0.4, -0.2) is 73.4 Å². The third-order valence-corrected chi connectivity index (χ3v) is 11.0. The van der Waals surface area contributed by atoms with Crippen molar-refractivity contribution in [2.75, 3.05) is 40.9 Å². The van der Waals surface area contributed by atoms with Gasteiger partial charge >= 0.3 is 7.82 Å². The van der Waals surface area contributed by atoms with Gasteiger partial charge in [0.25, 0.3) is 0 Å². The number of rotatable bonds is 41. The summed E-state index contributed by atoms with van der Waals surface area (Å²) < 4.78 is 23.5. The first-order valence-electron chi connectivity index (χ1n) is 23.0. The van der Waals surface area contributed by atoms with Gasteiger partial charge in [-0.05, 0) is 64.2 Å². The van der Waals surface area contributed by atoms with Crippen LogP contribution in [0.2, 0.25) is 0 Å². The van der Waals surface area contributed by atoms with Gasteiger partial charge in [-0.2, -0.15) is 0 Å². The third-order valence-electron chi connectivity index (χ3n) is 10.00. The SMILES string of the molecule is CCCC/C=C\CCCCCCCC(=O)NC(COP(=O)(O)OCC[N+](C)(C)C)C(O)/C=C/CC/C=C/CC/C=C/CCCCCCCCCCCCCCC. The molecule has 1 amide bonds. The lowest BCUT2D eigenvalue weighted by Crippen LogP contribution is -2.45. The number of hydrogen-bond acceptors (Lipinski definition) is 5. The maximum Gasteiger partial charge on any atom is 0.472 e. The summed E-state index contributed by atoms with van der Waals surface area (Å²) in [5.41, 5.74) is 0. The van der Waals surface area contributed by atoms with Crippen LogP contribution in [0.25, 0.3) is 0 Å². The van der Waals surface area contributed by atoms with Crippen LogP contribution in [-0.2, 0) is 18.4 Å². The van der Waals surface area contributed by atoms with Gasteiger partial charge in [0.05, 0.1) is 39.9 Å². The average molecular weight is 810 g/mol. The first-order chi connectivity index (χ1) is 27.0. The Morgan fingerprint density at radius 3 is 1.48 bits per heavy atom. The topological polar surface area (TPSA) is 105 Å². The molecule has 328 valence electrons. The van der Waals surface area contributed by atoms with Crippen molar-refractivity contribution in [2.24, 2.45) is 0 Å². The van der Waals surface area contributed by atoms with Crippen molar-refractivity contribution in [1.29, 1.82) is 0 Å². The zero-order valence-corrected chi connectivity index (χ0v) is 38.0. The molecular formula is C47H90N2O6P+. The van der Waals surface area contributed by atoms with E-state index in [0.717, 1.165) is 70.6 Å². The van der Waals surface area contributed by atoms with E-state index in [2.05, 4.69) is 55.6 Å². The molecule has 0 aromatic heterocycles. The van der Waals surface area contributed by atoms with Gasteiger partial charge in [-0.3, -0.25) is 13.8 Å². The summed E-state index contributed by atoms with van der Waals surface area (Å²) in [5.74, 6) is -0.204. The number of carbonyl (C=O) groups excluding carboxylic acids is 1. The highest BCUT2D eigenvalue weighted by atomic mass is 31.2. The number of amides is 1. The molecule has 3 unspecified atom stereocenters. The van der Waals surface area contributed by atoms with Gasteiger partial charge in [0.2, 0.25) is 5.91 Å². The summed E-state index contributed by atoms with van der Waals surface area (Å²) in [5, 5.41) is 13.8. The van der Waals surface area contributed by atoms with Crippen LogP contribution in [0.4, 0.5) is 0 Å². The molecule has 3 N–H and O–H groups in total. The fourth-order valence-electron chi connectivity index (χ4n) is 6.29. The molecule has 9 heteroatoms. The molecule has 0 bridgehead atoms. The molecule has 0 aromatic rings. The molecule has 0 rings (SSSR count). The van der Waals surface area contributed by atoms with Gasteiger partial charge in [0, 0.05) is 6.42 Å². The smallest absolute Gasteiger partial charge is 0.387 e. The zero-order chi connectivity index (χ0) is 41.4. The van der Waals surface area contributed by atoms with Crippen molar-refractivity contribution >= 4 is 13.7 Å². The molecule has 0 heterocycles. The molecule has 0 aliphatic carbocycles. The lowest BCUT2D eigenvalue weighted by molar-refractivity contribution is -0.870. The molecule has 0 aliphatic rings. The number of phosphoric ester groups is 1. The van der Waals surface area contributed by atoms with E-state index in [9.17, 15) is 19.4 Å². The first-order valence-corrected chi connectivity index (χ1v) is 24.5. The van der Waals surface area contributed by atoms with E-state index in [-0.39, 0.29) is 19.1 Å². The van der Waals surface area contributed by atoms with Crippen LogP contribution < -0.4 is 5.32 Å². The van der Waals surface area contributed by atoms with Crippen molar-refractivity contribution < 1.29 is 32.9 Å². The van der Waals surface area contributed by atoms with E-state index < -0.39 is 20.0 Å². The summed E-state index contributed by atoms with van der Waals surface area (Å²) in [7, 11) is 1.54. The van der Waals surface area contributed by atoms with Gasteiger partial charge in [-0.25, -0.2) is 4.57 Å². The van der Waals surface area contributed by atoms with E-state index >= 15 is 0 Å². The van der Waals surface area contributed by atoms with E-state index in [4.69, 9.17) is 9.05 Å². The van der Waals surface area contributed by atoms with E-state index in [1.165, 1.54) is 103 Å². The quantitative estimate of drug-likeness (QED) is 0.0246. The lowest BCUT2D eigenvalue weighted by Gasteiger charge is -2.25. The Balaban J connectivity index is 4.41. The van der Waals surface area contributed by atoms with E-state index in [1.54, 1.807) is 6.08 Å². The van der Waals surface area contributed by atoms with Crippen LogP contribution in [0.5, 0.6) is 0 Å². The molecule has 0 spiro atoms. The highest BCUT2D eigenvalue weighted by molar-refractivity contribution is 7.47. The number of unbranched alkanes of at least 4 members (excludes halogenated alkanes) is 22. The average Bonchev–Trinajstić information content (AvgIpc) is 3.15. The molecule has 56 heavy (non-hydrogen) atoms. The molecule has 0 saturated carbocycles. The maximum absolute atomic E-state index is 12.8. The fraction of sp³-hybridized carbons (Fsp3) is 0.809. The van der Waals surface area contributed by atoms with Gasteiger partial charge in [-0.1, -0.05) is 172 Å². The predicted molar refractivity (Wildman–Crippen MR) is 240 cm³/mol. The Bertz CT molecular complexity index is 1050. The van der Waals surface area contributed by atoms with Crippen molar-refractivity contribution in [3.63, 3.8) is 0 Å². The summed E-state index contributed by atoms with van der Waals surface area (Å²) in [6.45, 7) is 4.73. The number of aliphatic hydroxyl groups excluding tert-OH is 1. The number of nitrogens with one attached hydrogen (secondary N) is 1. The molecule has 0 radical (unpaired) electrons. The first kappa shape index (κ1) is 54.5. The largest absolute Gasteiger partial charge is 0.472 e. The summed E-state index contributed by atoms with van der Waals surface area (Å²) >= 11 is 0. The monoisotopic (exact) mass is 810 g/mol. The van der Waals surface area contributed by atoms with Crippen LogP contribution in [0.1, 0.15) is 194 Å². The molecule has 0 fully saturated rings. The Hall–Kier alpha value is -1.54. The maximum atomic E-state index is 12.8. The Morgan fingerprint density at radius 1 is 0.589 bits per heavy atom. The highest BCUT2D eigenvalue weighted by Gasteiger charge is 2.27. The number of likely N-dealkylation sites (N-methyl/N-ethyl adjacent to an activating group) is 1. The second-order valence-corrected chi connectivity index (χ2v) is 18.2. The molecule has 8 nitrogen and oxygen atoms in total. The minimum Gasteiger partial charge on any atom is -0.387 e. The van der Waals surface area contributed by atoms with Crippen molar-refractivity contribution in [3.05, 3.63) is 48.6 Å². The minimum absolute atomic E-state index is 0.0508. The van der Waals surface area contributed by atoms with Gasteiger partial charge < -0.3 is 19.8 Å². The van der Waals surface area contributed by atoms with Crippen molar-refractivity contribution in [3.8, 4) is 0 Å². The van der Waals surface area contributed by atoms with E-state index in [0.29, 0.717) is 17.4 Å². The van der Waals surface area contributed by atoms with Gasteiger partial charge in [-0.15, -0.1) is 0 Å². The second kappa shape index (κ2) is 38.9. The normalized spacial score (nSPS) is 14.8. The van der Waals surface area contributed by atoms with Gasteiger partial charge in [0.1, 0.15) is 13.2 Å². The van der Waals surface area contributed by atoms with Crippen LogP contribution >= 0.6 is 7.82 Å². The fourth-order valence-corrected chi connectivity index (χ4v) is 7.02. The summed E-state index contributed by atoms with van der Waals surface area (Å²) in [6.07, 6.45) is 49.1. The molecule has 0 saturated heterocycles. The Morgan fingerprint density at radius 2 is 1.00 bits per heavy atom. The molecular weight excluding hydrogens is 719 g/mol. The second-order valence-electron chi connectivity index (χ2n) is 16.8. The lowest BCUT2D eigenvalue weighted by atomic mass is 10.0. The third kappa shape index (κ3) is 40.6. The highest BCUT2D eigenvalue weighted by Crippen LogP contribution is 2.43. The van der Waals surface area contributed by atoms with Crippen LogP contribution in [0.3, 0.4) is 0 Å². The summed E-state index contributed by atoms with van der Waals surface area (Å²) in [4.78, 5) is 23.0. The molecule has 3 atom stereocenters. The standard InChI is InChI=1S/C47H89N2O6P/c1-6-8-10-12-14-16-18-19-20-21-22-23-24-25-26-27-28-29-31-32-34-36-38-40-46(50)45(44-55-56(52,53)54-43-42-49(3,4)5)48-47(51)41-39-37-35-33-30-17-15-13-11-9-7-2/h13,15,26-27,31-32,38,40,45-46,50H,6-12,14,16-25,28-30,33-37,39,41-44H2,1-5H3,(H-,48,51,52,53)/p+1/b15-13-,27-26+,32-31+,40-38+. The van der Waals surface area contributed by atoms with Crippen molar-refractivity contribution in [1.82, 2.24) is 5.32 Å².